The summed E-state index contributed by atoms with van der Waals surface area (Å²) in [5.41, 5.74) is 9.68. The number of nitrogens with two attached hydrogens (primary N) is 1. The highest BCUT2D eigenvalue weighted by Gasteiger charge is 2.24. The van der Waals surface area contributed by atoms with Crippen molar-refractivity contribution in [3.63, 3.8) is 0 Å². The molecule has 7 heteroatoms. The van der Waals surface area contributed by atoms with Crippen LogP contribution in [0, 0.1) is 27.7 Å². The number of ether oxygens (including phenoxy) is 1. The molecule has 0 saturated heterocycles. The molecule has 2 aromatic carbocycles. The van der Waals surface area contributed by atoms with Gasteiger partial charge < -0.3 is 10.5 Å². The molecule has 156 valence electrons. The van der Waals surface area contributed by atoms with Gasteiger partial charge in [0.25, 0.3) is 0 Å². The molecule has 0 aliphatic carbocycles. The molecule has 0 unspecified atom stereocenters. The summed E-state index contributed by atoms with van der Waals surface area (Å²) in [5.74, 6) is -0.602. The van der Waals surface area contributed by atoms with Crippen molar-refractivity contribution in [2.75, 3.05) is 11.5 Å². The number of sulfone groups is 1. The minimum atomic E-state index is -3.86. The molecule has 0 radical (unpaired) electrons. The first-order valence-corrected chi connectivity index (χ1v) is 11.1. The summed E-state index contributed by atoms with van der Waals surface area (Å²) in [5, 5.41) is 0. The molecule has 2 N–H and O–H groups in total. The monoisotopic (exact) mass is 424 g/mol. The standard InChI is InChI=1S/C23H24N2O4S/c1-14-10-15(2)22(16(3)11-14)29-23-20(9-8-17(4)25-23)21(26)13-30(27,28)19-7-5-6-18(24)12-19/h5-12H,13,24H2,1-4H3. The van der Waals surface area contributed by atoms with Gasteiger partial charge in [0.15, 0.2) is 15.6 Å². The second-order valence-electron chi connectivity index (χ2n) is 7.39. The van der Waals surface area contributed by atoms with E-state index in [0.717, 1.165) is 16.7 Å². The molecule has 0 saturated carbocycles. The van der Waals surface area contributed by atoms with Crippen molar-refractivity contribution in [2.45, 2.75) is 32.6 Å². The number of rotatable bonds is 6. The van der Waals surface area contributed by atoms with E-state index in [9.17, 15) is 13.2 Å². The maximum Gasteiger partial charge on any atom is 0.230 e. The average molecular weight is 425 g/mol. The van der Waals surface area contributed by atoms with Gasteiger partial charge in [0, 0.05) is 11.4 Å². The molecule has 0 bridgehead atoms. The van der Waals surface area contributed by atoms with E-state index in [1.807, 2.05) is 32.9 Å². The predicted octanol–water partition coefficient (Wildman–Crippen LogP) is 4.35. The Balaban J connectivity index is 1.96. The molecule has 6 nitrogen and oxygen atoms in total. The van der Waals surface area contributed by atoms with Gasteiger partial charge in [0.1, 0.15) is 11.5 Å². The van der Waals surface area contributed by atoms with Crippen molar-refractivity contribution < 1.29 is 17.9 Å². The molecule has 1 aromatic heterocycles. The number of nitrogen functional groups attached to an aromatic ring is 1. The van der Waals surface area contributed by atoms with Crippen LogP contribution in [0.5, 0.6) is 11.6 Å². The molecule has 0 aliphatic heterocycles. The Kier molecular flexibility index (Phi) is 5.94. The molecule has 0 aliphatic rings. The summed E-state index contributed by atoms with van der Waals surface area (Å²) in [4.78, 5) is 17.3. The van der Waals surface area contributed by atoms with Crippen LogP contribution >= 0.6 is 0 Å². The van der Waals surface area contributed by atoms with Gasteiger partial charge in [-0.2, -0.15) is 0 Å². The van der Waals surface area contributed by atoms with E-state index in [4.69, 9.17) is 10.5 Å². The van der Waals surface area contributed by atoms with Gasteiger partial charge in [-0.05, 0) is 69.2 Å². The number of ketones is 1. The summed E-state index contributed by atoms with van der Waals surface area (Å²) in [6.07, 6.45) is 0. The Morgan fingerprint density at radius 2 is 1.67 bits per heavy atom. The van der Waals surface area contributed by atoms with Gasteiger partial charge in [-0.15, -0.1) is 0 Å². The van der Waals surface area contributed by atoms with Gasteiger partial charge in [-0.3, -0.25) is 4.79 Å². The van der Waals surface area contributed by atoms with E-state index in [2.05, 4.69) is 4.98 Å². The van der Waals surface area contributed by atoms with E-state index in [-0.39, 0.29) is 16.3 Å². The zero-order valence-corrected chi connectivity index (χ0v) is 18.2. The van der Waals surface area contributed by atoms with Crippen molar-refractivity contribution in [1.82, 2.24) is 4.98 Å². The van der Waals surface area contributed by atoms with E-state index >= 15 is 0 Å². The van der Waals surface area contributed by atoms with Crippen LogP contribution in [0.3, 0.4) is 0 Å². The average Bonchev–Trinajstić information content (AvgIpc) is 2.64. The van der Waals surface area contributed by atoms with Crippen LogP contribution in [-0.4, -0.2) is 24.9 Å². The fourth-order valence-electron chi connectivity index (χ4n) is 3.29. The van der Waals surface area contributed by atoms with Gasteiger partial charge in [-0.1, -0.05) is 23.8 Å². The number of pyridine rings is 1. The zero-order valence-electron chi connectivity index (χ0n) is 17.4. The van der Waals surface area contributed by atoms with Crippen LogP contribution in [0.1, 0.15) is 32.7 Å². The van der Waals surface area contributed by atoms with Gasteiger partial charge in [0.05, 0.1) is 10.5 Å². The lowest BCUT2D eigenvalue weighted by molar-refractivity contribution is 0.101. The first-order chi connectivity index (χ1) is 14.1. The first-order valence-electron chi connectivity index (χ1n) is 9.41. The lowest BCUT2D eigenvalue weighted by Crippen LogP contribution is -2.18. The van der Waals surface area contributed by atoms with Crippen LogP contribution < -0.4 is 10.5 Å². The van der Waals surface area contributed by atoms with E-state index in [1.165, 1.54) is 18.2 Å². The highest BCUT2D eigenvalue weighted by molar-refractivity contribution is 7.92. The largest absolute Gasteiger partial charge is 0.438 e. The molecule has 3 aromatic rings. The number of hydrogen-bond acceptors (Lipinski definition) is 6. The SMILES string of the molecule is Cc1cc(C)c(Oc2nc(C)ccc2C(=O)CS(=O)(=O)c2cccc(N)c2)c(C)c1. The Labute approximate surface area is 176 Å². The van der Waals surface area contributed by atoms with Crippen LogP contribution in [-0.2, 0) is 9.84 Å². The molecular formula is C23H24N2O4S. The Morgan fingerprint density at radius 3 is 2.30 bits per heavy atom. The lowest BCUT2D eigenvalue weighted by Gasteiger charge is -2.15. The first kappa shape index (κ1) is 21.5. The zero-order chi connectivity index (χ0) is 22.1. The fourth-order valence-corrected chi connectivity index (χ4v) is 4.56. The number of carbonyl (C=O) groups is 1. The maximum atomic E-state index is 12.9. The molecule has 0 amide bonds. The molecule has 0 spiro atoms. The number of nitrogens with zero attached hydrogens (tertiary/aromatic N) is 1. The van der Waals surface area contributed by atoms with Crippen LogP contribution in [0.25, 0.3) is 0 Å². The molecular weight excluding hydrogens is 400 g/mol. The lowest BCUT2D eigenvalue weighted by atomic mass is 10.1. The van der Waals surface area contributed by atoms with Crippen LogP contribution in [0.15, 0.2) is 53.4 Å². The van der Waals surface area contributed by atoms with Crippen molar-refractivity contribution in [3.05, 3.63) is 76.5 Å². The highest BCUT2D eigenvalue weighted by atomic mass is 32.2. The highest BCUT2D eigenvalue weighted by Crippen LogP contribution is 2.31. The summed E-state index contributed by atoms with van der Waals surface area (Å²) >= 11 is 0. The number of aryl methyl sites for hydroxylation is 4. The molecule has 1 heterocycles. The van der Waals surface area contributed by atoms with Gasteiger partial charge >= 0.3 is 0 Å². The van der Waals surface area contributed by atoms with Crippen molar-refractivity contribution in [3.8, 4) is 11.6 Å². The predicted molar refractivity (Wildman–Crippen MR) is 117 cm³/mol. The number of aromatic nitrogens is 1. The Morgan fingerprint density at radius 1 is 1.00 bits per heavy atom. The Bertz CT molecular complexity index is 1210. The number of Topliss-reactive ketones (excluding diaryl/α,β-unsaturated/α-hetero) is 1. The maximum absolute atomic E-state index is 12.9. The number of anilines is 1. The minimum absolute atomic E-state index is 0.00335. The third kappa shape index (κ3) is 4.68. The number of hydrogen-bond donors (Lipinski definition) is 1. The summed E-state index contributed by atoms with van der Waals surface area (Å²) in [6, 6.07) is 13.0. The molecule has 0 atom stereocenters. The molecule has 30 heavy (non-hydrogen) atoms. The van der Waals surface area contributed by atoms with Crippen LogP contribution in [0.2, 0.25) is 0 Å². The smallest absolute Gasteiger partial charge is 0.230 e. The normalized spacial score (nSPS) is 11.3. The topological polar surface area (TPSA) is 99.3 Å². The summed E-state index contributed by atoms with van der Waals surface area (Å²) < 4.78 is 31.4. The van der Waals surface area contributed by atoms with Crippen LogP contribution in [0.4, 0.5) is 5.69 Å². The van der Waals surface area contributed by atoms with Crippen molar-refractivity contribution >= 4 is 21.3 Å². The van der Waals surface area contributed by atoms with E-state index < -0.39 is 21.4 Å². The molecule has 0 fully saturated rings. The summed E-state index contributed by atoms with van der Waals surface area (Å²) in [6.45, 7) is 7.60. The van der Waals surface area contributed by atoms with Crippen molar-refractivity contribution in [2.24, 2.45) is 0 Å². The van der Waals surface area contributed by atoms with E-state index in [1.54, 1.807) is 25.1 Å². The minimum Gasteiger partial charge on any atom is -0.438 e. The molecule has 3 rings (SSSR count). The second-order valence-corrected chi connectivity index (χ2v) is 9.38. The third-order valence-corrected chi connectivity index (χ3v) is 6.26. The van der Waals surface area contributed by atoms with Crippen molar-refractivity contribution in [1.29, 1.82) is 0 Å². The Hall–Kier alpha value is -3.19. The summed E-state index contributed by atoms with van der Waals surface area (Å²) in [7, 11) is -3.86. The van der Waals surface area contributed by atoms with Gasteiger partial charge in [-0.25, -0.2) is 13.4 Å². The fraction of sp³-hybridized carbons (Fsp3) is 0.217. The quantitative estimate of drug-likeness (QED) is 0.467. The number of carbonyl (C=O) groups excluding carboxylic acids is 1. The second kappa shape index (κ2) is 8.28. The van der Waals surface area contributed by atoms with E-state index in [0.29, 0.717) is 17.1 Å². The third-order valence-electron chi connectivity index (χ3n) is 4.64. The number of benzene rings is 2. The van der Waals surface area contributed by atoms with Gasteiger partial charge in [0.2, 0.25) is 5.88 Å².